The average molecular weight is 382 g/mol. The van der Waals surface area contributed by atoms with E-state index in [-0.39, 0.29) is 25.0 Å². The number of ether oxygens (including phenoxy) is 1. The van der Waals surface area contributed by atoms with Gasteiger partial charge in [0.05, 0.1) is 5.02 Å². The van der Waals surface area contributed by atoms with Crippen molar-refractivity contribution in [1.29, 1.82) is 0 Å². The lowest BCUT2D eigenvalue weighted by molar-refractivity contribution is -0.123. The Morgan fingerprint density at radius 1 is 1.12 bits per heavy atom. The van der Waals surface area contributed by atoms with Crippen LogP contribution in [0, 0.1) is 0 Å². The van der Waals surface area contributed by atoms with E-state index < -0.39 is 0 Å². The van der Waals surface area contributed by atoms with Crippen molar-refractivity contribution in [2.45, 2.75) is 18.8 Å². The van der Waals surface area contributed by atoms with Crippen molar-refractivity contribution in [3.63, 3.8) is 0 Å². The summed E-state index contributed by atoms with van der Waals surface area (Å²) in [6.45, 7) is 0.513. The number of aliphatic hydroxyl groups is 1. The van der Waals surface area contributed by atoms with E-state index in [1.807, 2.05) is 30.3 Å². The summed E-state index contributed by atoms with van der Waals surface area (Å²) in [5, 5.41) is 12.9. The number of carbonyl (C=O) groups is 1. The number of halogens is 2. The molecule has 25 heavy (non-hydrogen) atoms. The van der Waals surface area contributed by atoms with Crippen LogP contribution in [0.1, 0.15) is 24.3 Å². The van der Waals surface area contributed by atoms with Gasteiger partial charge in [-0.3, -0.25) is 4.79 Å². The minimum absolute atomic E-state index is 0.114. The third-order valence-corrected chi connectivity index (χ3v) is 4.35. The molecule has 2 aromatic rings. The normalized spacial score (nSPS) is 11.8. The molecule has 6 heteroatoms. The number of rotatable bonds is 9. The summed E-state index contributed by atoms with van der Waals surface area (Å²) < 4.78 is 5.40. The van der Waals surface area contributed by atoms with Crippen LogP contribution in [-0.2, 0) is 4.79 Å². The summed E-state index contributed by atoms with van der Waals surface area (Å²) in [7, 11) is 0. The molecule has 2 aromatic carbocycles. The molecular weight excluding hydrogens is 361 g/mol. The van der Waals surface area contributed by atoms with Gasteiger partial charge < -0.3 is 15.2 Å². The summed E-state index contributed by atoms with van der Waals surface area (Å²) >= 11 is 11.8. The number of amides is 1. The molecule has 0 heterocycles. The Hall–Kier alpha value is -1.75. The van der Waals surface area contributed by atoms with Gasteiger partial charge in [-0.05, 0) is 42.5 Å². The SMILES string of the molecule is O=C(COc1ccc(Cl)cc1Cl)NCCC(CCO)c1ccccc1. The third kappa shape index (κ3) is 6.58. The quantitative estimate of drug-likeness (QED) is 0.688. The van der Waals surface area contributed by atoms with Crippen LogP contribution in [0.2, 0.25) is 10.0 Å². The standard InChI is InChI=1S/C19H21Cl2NO3/c20-16-6-7-18(17(21)12-16)25-13-19(24)22-10-8-15(9-11-23)14-4-2-1-3-5-14/h1-7,12,15,23H,8-11,13H2,(H,22,24). The van der Waals surface area contributed by atoms with Crippen molar-refractivity contribution in [3.05, 3.63) is 64.1 Å². The van der Waals surface area contributed by atoms with Crippen LogP contribution in [0.25, 0.3) is 0 Å². The molecule has 0 fully saturated rings. The second-order valence-corrected chi connectivity index (χ2v) is 6.47. The first kappa shape index (κ1) is 19.6. The minimum Gasteiger partial charge on any atom is -0.482 e. The average Bonchev–Trinajstić information content (AvgIpc) is 2.61. The van der Waals surface area contributed by atoms with Gasteiger partial charge in [0.25, 0.3) is 5.91 Å². The molecule has 1 amide bonds. The number of hydrogen-bond donors (Lipinski definition) is 2. The fourth-order valence-corrected chi connectivity index (χ4v) is 2.99. The Balaban J connectivity index is 1.77. The molecule has 1 unspecified atom stereocenters. The van der Waals surface area contributed by atoms with Crippen LogP contribution in [-0.4, -0.2) is 30.8 Å². The van der Waals surface area contributed by atoms with E-state index in [9.17, 15) is 9.90 Å². The molecule has 0 radical (unpaired) electrons. The highest BCUT2D eigenvalue weighted by molar-refractivity contribution is 6.35. The van der Waals surface area contributed by atoms with Crippen LogP contribution in [0.3, 0.4) is 0 Å². The molecule has 0 aliphatic heterocycles. The van der Waals surface area contributed by atoms with E-state index in [0.717, 1.165) is 12.0 Å². The maximum Gasteiger partial charge on any atom is 0.257 e. The Labute approximate surface area is 157 Å². The molecule has 1 atom stereocenters. The topological polar surface area (TPSA) is 58.6 Å². The maximum atomic E-state index is 11.9. The van der Waals surface area contributed by atoms with E-state index >= 15 is 0 Å². The Morgan fingerprint density at radius 2 is 1.88 bits per heavy atom. The van der Waals surface area contributed by atoms with Crippen molar-refractivity contribution in [1.82, 2.24) is 5.32 Å². The number of aliphatic hydroxyl groups excluding tert-OH is 1. The Morgan fingerprint density at radius 3 is 2.56 bits per heavy atom. The zero-order valence-electron chi connectivity index (χ0n) is 13.8. The number of hydrogen-bond acceptors (Lipinski definition) is 3. The number of benzene rings is 2. The fraction of sp³-hybridized carbons (Fsp3) is 0.316. The van der Waals surface area contributed by atoms with Crippen molar-refractivity contribution < 1.29 is 14.6 Å². The van der Waals surface area contributed by atoms with E-state index in [4.69, 9.17) is 27.9 Å². The zero-order valence-corrected chi connectivity index (χ0v) is 15.3. The molecule has 2 N–H and O–H groups in total. The predicted octanol–water partition coefficient (Wildman–Crippen LogP) is 4.04. The summed E-state index contributed by atoms with van der Waals surface area (Å²) in [4.78, 5) is 11.9. The second-order valence-electron chi connectivity index (χ2n) is 5.62. The van der Waals surface area contributed by atoms with Gasteiger partial charge in [-0.15, -0.1) is 0 Å². The van der Waals surface area contributed by atoms with Gasteiger partial charge in [0.15, 0.2) is 6.61 Å². The molecule has 0 saturated carbocycles. The molecular formula is C19H21Cl2NO3. The molecule has 0 aliphatic carbocycles. The largest absolute Gasteiger partial charge is 0.482 e. The van der Waals surface area contributed by atoms with Gasteiger partial charge in [0.2, 0.25) is 0 Å². The number of carbonyl (C=O) groups excluding carboxylic acids is 1. The maximum absolute atomic E-state index is 11.9. The smallest absolute Gasteiger partial charge is 0.257 e. The fourth-order valence-electron chi connectivity index (χ4n) is 2.53. The van der Waals surface area contributed by atoms with Crippen molar-refractivity contribution in [2.24, 2.45) is 0 Å². The van der Waals surface area contributed by atoms with E-state index in [2.05, 4.69) is 5.32 Å². The van der Waals surface area contributed by atoms with Crippen LogP contribution in [0.15, 0.2) is 48.5 Å². The van der Waals surface area contributed by atoms with Gasteiger partial charge in [-0.25, -0.2) is 0 Å². The highest BCUT2D eigenvalue weighted by Gasteiger charge is 2.12. The van der Waals surface area contributed by atoms with Gasteiger partial charge in [-0.2, -0.15) is 0 Å². The van der Waals surface area contributed by atoms with Crippen LogP contribution >= 0.6 is 23.2 Å². The van der Waals surface area contributed by atoms with Crippen LogP contribution in [0.4, 0.5) is 0 Å². The first-order valence-corrected chi connectivity index (χ1v) is 8.86. The van der Waals surface area contributed by atoms with Gasteiger partial charge in [0, 0.05) is 18.2 Å². The van der Waals surface area contributed by atoms with Crippen molar-refractivity contribution >= 4 is 29.1 Å². The molecule has 4 nitrogen and oxygen atoms in total. The third-order valence-electron chi connectivity index (χ3n) is 3.82. The first-order valence-electron chi connectivity index (χ1n) is 8.10. The lowest BCUT2D eigenvalue weighted by atomic mass is 9.93. The molecule has 0 saturated heterocycles. The van der Waals surface area contributed by atoms with Gasteiger partial charge in [0.1, 0.15) is 5.75 Å². The number of nitrogens with one attached hydrogen (secondary N) is 1. The van der Waals surface area contributed by atoms with Gasteiger partial charge >= 0.3 is 0 Å². The van der Waals surface area contributed by atoms with E-state index in [0.29, 0.717) is 28.8 Å². The molecule has 2 rings (SSSR count). The highest BCUT2D eigenvalue weighted by atomic mass is 35.5. The van der Waals surface area contributed by atoms with Crippen LogP contribution < -0.4 is 10.1 Å². The first-order chi connectivity index (χ1) is 12.1. The minimum atomic E-state index is -0.221. The molecule has 0 spiro atoms. The molecule has 0 bridgehead atoms. The van der Waals surface area contributed by atoms with E-state index in [1.54, 1.807) is 18.2 Å². The molecule has 0 aromatic heterocycles. The summed E-state index contributed by atoms with van der Waals surface area (Å²) in [5.74, 6) is 0.406. The zero-order chi connectivity index (χ0) is 18.1. The molecule has 0 aliphatic rings. The molecule has 134 valence electrons. The monoisotopic (exact) mass is 381 g/mol. The van der Waals surface area contributed by atoms with Crippen molar-refractivity contribution in [2.75, 3.05) is 19.8 Å². The Bertz CT molecular complexity index is 680. The second kappa shape index (κ2) is 10.3. The lowest BCUT2D eigenvalue weighted by Crippen LogP contribution is -2.30. The summed E-state index contributed by atoms with van der Waals surface area (Å²) in [6.07, 6.45) is 1.41. The van der Waals surface area contributed by atoms with Crippen LogP contribution in [0.5, 0.6) is 5.75 Å². The van der Waals surface area contributed by atoms with E-state index in [1.165, 1.54) is 0 Å². The summed E-state index contributed by atoms with van der Waals surface area (Å²) in [6, 6.07) is 14.8. The lowest BCUT2D eigenvalue weighted by Gasteiger charge is -2.16. The van der Waals surface area contributed by atoms with Crippen molar-refractivity contribution in [3.8, 4) is 5.75 Å². The predicted molar refractivity (Wildman–Crippen MR) is 100 cm³/mol. The summed E-state index contributed by atoms with van der Waals surface area (Å²) in [5.41, 5.74) is 1.16. The highest BCUT2D eigenvalue weighted by Crippen LogP contribution is 2.27. The van der Waals surface area contributed by atoms with Gasteiger partial charge in [-0.1, -0.05) is 53.5 Å². The Kier molecular flexibility index (Phi) is 8.06.